The summed E-state index contributed by atoms with van der Waals surface area (Å²) in [5.41, 5.74) is 1.84. The summed E-state index contributed by atoms with van der Waals surface area (Å²) in [5.74, 6) is -0.0565. The monoisotopic (exact) mass is 250 g/mol. The number of carbonyl (C=O) groups is 1. The van der Waals surface area contributed by atoms with E-state index in [4.69, 9.17) is 14.2 Å². The fraction of sp³-hybridized carbons (Fsp3) is 0.500. The number of benzene rings is 1. The van der Waals surface area contributed by atoms with Crippen LogP contribution < -0.4 is 4.74 Å². The SMILES string of the molecule is CCOC(=O)Cc1cccc2c1COC(C)(C)O2. The van der Waals surface area contributed by atoms with Gasteiger partial charge in [-0.15, -0.1) is 0 Å². The highest BCUT2D eigenvalue weighted by Crippen LogP contribution is 2.33. The second-order valence-corrected chi connectivity index (χ2v) is 4.67. The van der Waals surface area contributed by atoms with Gasteiger partial charge in [0.05, 0.1) is 19.6 Å². The van der Waals surface area contributed by atoms with E-state index in [1.54, 1.807) is 6.92 Å². The Hall–Kier alpha value is -1.55. The van der Waals surface area contributed by atoms with E-state index in [2.05, 4.69) is 0 Å². The number of hydrogen-bond donors (Lipinski definition) is 0. The Balaban J connectivity index is 2.21. The molecule has 0 aromatic heterocycles. The highest BCUT2D eigenvalue weighted by atomic mass is 16.7. The van der Waals surface area contributed by atoms with E-state index in [1.807, 2.05) is 32.0 Å². The Morgan fingerprint density at radius 3 is 2.94 bits per heavy atom. The van der Waals surface area contributed by atoms with Crippen molar-refractivity contribution in [2.45, 2.75) is 39.6 Å². The van der Waals surface area contributed by atoms with Crippen molar-refractivity contribution in [3.8, 4) is 5.75 Å². The van der Waals surface area contributed by atoms with E-state index < -0.39 is 5.79 Å². The molecule has 0 radical (unpaired) electrons. The standard InChI is InChI=1S/C14H18O4/c1-4-16-13(15)8-10-6-5-7-12-11(10)9-17-14(2,3)18-12/h5-7H,4,8-9H2,1-3H3. The summed E-state index contributed by atoms with van der Waals surface area (Å²) in [7, 11) is 0. The van der Waals surface area contributed by atoms with Crippen molar-refractivity contribution in [3.05, 3.63) is 29.3 Å². The Morgan fingerprint density at radius 1 is 1.44 bits per heavy atom. The number of fused-ring (bicyclic) bond motifs is 1. The summed E-state index contributed by atoms with van der Waals surface area (Å²) in [6, 6.07) is 5.68. The van der Waals surface area contributed by atoms with Crippen LogP contribution in [0.15, 0.2) is 18.2 Å². The third-order valence-corrected chi connectivity index (χ3v) is 2.79. The molecule has 1 heterocycles. The van der Waals surface area contributed by atoms with Crippen LogP contribution in [0.2, 0.25) is 0 Å². The van der Waals surface area contributed by atoms with Gasteiger partial charge in [-0.1, -0.05) is 12.1 Å². The van der Waals surface area contributed by atoms with Crippen molar-refractivity contribution >= 4 is 5.97 Å². The number of hydrogen-bond acceptors (Lipinski definition) is 4. The molecule has 4 nitrogen and oxygen atoms in total. The second kappa shape index (κ2) is 4.98. The quantitative estimate of drug-likeness (QED) is 0.773. The van der Waals surface area contributed by atoms with Crippen molar-refractivity contribution in [1.29, 1.82) is 0 Å². The Kier molecular flexibility index (Phi) is 3.57. The molecule has 0 unspecified atom stereocenters. The van der Waals surface area contributed by atoms with Gasteiger partial charge in [-0.25, -0.2) is 0 Å². The van der Waals surface area contributed by atoms with Crippen LogP contribution in [0, 0.1) is 0 Å². The molecule has 0 aliphatic carbocycles. The molecule has 0 spiro atoms. The van der Waals surface area contributed by atoms with Crippen LogP contribution in [0.3, 0.4) is 0 Å². The van der Waals surface area contributed by atoms with Gasteiger partial charge in [0.15, 0.2) is 0 Å². The zero-order valence-corrected chi connectivity index (χ0v) is 11.0. The van der Waals surface area contributed by atoms with E-state index in [0.717, 1.165) is 16.9 Å². The van der Waals surface area contributed by atoms with Crippen LogP contribution in [-0.4, -0.2) is 18.4 Å². The fourth-order valence-electron chi connectivity index (χ4n) is 1.94. The molecule has 18 heavy (non-hydrogen) atoms. The molecular formula is C14H18O4. The summed E-state index contributed by atoms with van der Waals surface area (Å²) in [4.78, 5) is 11.5. The van der Waals surface area contributed by atoms with Crippen LogP contribution in [-0.2, 0) is 27.3 Å². The maximum Gasteiger partial charge on any atom is 0.310 e. The molecule has 0 saturated carbocycles. The Bertz CT molecular complexity index is 451. The van der Waals surface area contributed by atoms with Gasteiger partial charge in [-0.3, -0.25) is 4.79 Å². The average molecular weight is 250 g/mol. The number of ether oxygens (including phenoxy) is 3. The summed E-state index contributed by atoms with van der Waals surface area (Å²) in [5, 5.41) is 0. The summed E-state index contributed by atoms with van der Waals surface area (Å²) in [6.07, 6.45) is 0.254. The van der Waals surface area contributed by atoms with Crippen LogP contribution in [0.1, 0.15) is 31.9 Å². The average Bonchev–Trinajstić information content (AvgIpc) is 2.27. The lowest BCUT2D eigenvalue weighted by Crippen LogP contribution is -2.35. The topological polar surface area (TPSA) is 44.8 Å². The zero-order chi connectivity index (χ0) is 13.2. The maximum atomic E-state index is 11.5. The smallest absolute Gasteiger partial charge is 0.310 e. The van der Waals surface area contributed by atoms with Gasteiger partial charge < -0.3 is 14.2 Å². The van der Waals surface area contributed by atoms with Gasteiger partial charge in [0.1, 0.15) is 5.75 Å². The maximum absolute atomic E-state index is 11.5. The van der Waals surface area contributed by atoms with Crippen molar-refractivity contribution < 1.29 is 19.0 Å². The Morgan fingerprint density at radius 2 is 2.22 bits per heavy atom. The van der Waals surface area contributed by atoms with Crippen molar-refractivity contribution in [3.63, 3.8) is 0 Å². The van der Waals surface area contributed by atoms with E-state index in [0.29, 0.717) is 13.2 Å². The predicted octanol–water partition coefficient (Wildman–Crippen LogP) is 2.44. The number of carbonyl (C=O) groups excluding carboxylic acids is 1. The van der Waals surface area contributed by atoms with Gasteiger partial charge in [0, 0.05) is 19.4 Å². The largest absolute Gasteiger partial charge is 0.466 e. The van der Waals surface area contributed by atoms with Crippen molar-refractivity contribution in [1.82, 2.24) is 0 Å². The lowest BCUT2D eigenvalue weighted by molar-refractivity contribution is -0.180. The third kappa shape index (κ3) is 2.82. The molecular weight excluding hydrogens is 232 g/mol. The second-order valence-electron chi connectivity index (χ2n) is 4.67. The molecule has 0 fully saturated rings. The molecule has 0 amide bonds. The summed E-state index contributed by atoms with van der Waals surface area (Å²) < 4.78 is 16.3. The molecule has 2 rings (SSSR count). The van der Waals surface area contributed by atoms with Gasteiger partial charge in [0.25, 0.3) is 0 Å². The minimum absolute atomic E-state index is 0.226. The molecule has 0 bridgehead atoms. The molecule has 0 atom stereocenters. The molecule has 0 saturated heterocycles. The van der Waals surface area contributed by atoms with Gasteiger partial charge in [-0.05, 0) is 18.6 Å². The first-order valence-corrected chi connectivity index (χ1v) is 6.11. The van der Waals surface area contributed by atoms with E-state index in [-0.39, 0.29) is 12.4 Å². The first-order chi connectivity index (χ1) is 8.52. The van der Waals surface area contributed by atoms with E-state index in [9.17, 15) is 4.79 Å². The van der Waals surface area contributed by atoms with Crippen LogP contribution >= 0.6 is 0 Å². The zero-order valence-electron chi connectivity index (χ0n) is 11.0. The normalized spacial score (nSPS) is 16.6. The van der Waals surface area contributed by atoms with Gasteiger partial charge in [-0.2, -0.15) is 0 Å². The number of rotatable bonds is 3. The summed E-state index contributed by atoms with van der Waals surface area (Å²) in [6.45, 7) is 6.39. The summed E-state index contributed by atoms with van der Waals surface area (Å²) >= 11 is 0. The van der Waals surface area contributed by atoms with E-state index >= 15 is 0 Å². The molecule has 1 aromatic carbocycles. The first-order valence-electron chi connectivity index (χ1n) is 6.11. The van der Waals surface area contributed by atoms with Gasteiger partial charge in [0.2, 0.25) is 5.79 Å². The molecule has 98 valence electrons. The minimum Gasteiger partial charge on any atom is -0.466 e. The van der Waals surface area contributed by atoms with Gasteiger partial charge >= 0.3 is 5.97 Å². The highest BCUT2D eigenvalue weighted by molar-refractivity contribution is 5.73. The molecule has 1 aromatic rings. The first kappa shape index (κ1) is 12.9. The number of esters is 1. The molecule has 0 N–H and O–H groups in total. The van der Waals surface area contributed by atoms with Crippen LogP contribution in [0.4, 0.5) is 0 Å². The Labute approximate surface area is 107 Å². The van der Waals surface area contributed by atoms with Crippen LogP contribution in [0.5, 0.6) is 5.75 Å². The lowest BCUT2D eigenvalue weighted by atomic mass is 10.0. The van der Waals surface area contributed by atoms with Crippen molar-refractivity contribution in [2.24, 2.45) is 0 Å². The van der Waals surface area contributed by atoms with E-state index in [1.165, 1.54) is 0 Å². The van der Waals surface area contributed by atoms with Crippen LogP contribution in [0.25, 0.3) is 0 Å². The van der Waals surface area contributed by atoms with Crippen molar-refractivity contribution in [2.75, 3.05) is 6.61 Å². The predicted molar refractivity (Wildman–Crippen MR) is 66.3 cm³/mol. The highest BCUT2D eigenvalue weighted by Gasteiger charge is 2.28. The molecule has 1 aliphatic heterocycles. The molecule has 4 heteroatoms. The third-order valence-electron chi connectivity index (χ3n) is 2.79. The lowest BCUT2D eigenvalue weighted by Gasteiger charge is -2.33. The minimum atomic E-state index is -0.616. The molecule has 1 aliphatic rings. The fourth-order valence-corrected chi connectivity index (χ4v) is 1.94.